The Labute approximate surface area is 109 Å². The predicted molar refractivity (Wildman–Crippen MR) is 68.2 cm³/mol. The van der Waals surface area contributed by atoms with Crippen LogP contribution in [-0.2, 0) is 6.42 Å². The monoisotopic (exact) mass is 298 g/mol. The fourth-order valence-corrected chi connectivity index (χ4v) is 3.99. The largest absolute Gasteiger partial charge is 0.396 e. The molecule has 3 rings (SSSR count). The summed E-state index contributed by atoms with van der Waals surface area (Å²) in [6.45, 7) is 0.230. The average molecular weight is 299 g/mol. The normalized spacial score (nSPS) is 34.8. The van der Waals surface area contributed by atoms with Gasteiger partial charge in [-0.3, -0.25) is 0 Å². The molecule has 1 nitrogen and oxygen atoms in total. The second kappa shape index (κ2) is 4.06. The lowest BCUT2D eigenvalue weighted by Crippen LogP contribution is -2.26. The van der Waals surface area contributed by atoms with Gasteiger partial charge in [-0.25, -0.2) is 4.39 Å². The van der Waals surface area contributed by atoms with Crippen LogP contribution in [-0.4, -0.2) is 11.7 Å². The summed E-state index contributed by atoms with van der Waals surface area (Å²) in [6.07, 6.45) is 4.37. The zero-order valence-corrected chi connectivity index (χ0v) is 11.2. The zero-order valence-electron chi connectivity index (χ0n) is 9.63. The van der Waals surface area contributed by atoms with E-state index in [9.17, 15) is 9.50 Å². The van der Waals surface area contributed by atoms with Crippen molar-refractivity contribution >= 4 is 15.9 Å². The Hall–Kier alpha value is -0.410. The SMILES string of the molecule is OCC1(Cc2cc(F)cc(Br)c2)CC2CC2C1. The number of aliphatic hydroxyl groups is 1. The highest BCUT2D eigenvalue weighted by Crippen LogP contribution is 2.60. The molecule has 2 unspecified atom stereocenters. The molecule has 0 radical (unpaired) electrons. The van der Waals surface area contributed by atoms with E-state index in [1.807, 2.05) is 6.07 Å². The van der Waals surface area contributed by atoms with Crippen molar-refractivity contribution in [3.63, 3.8) is 0 Å². The third-order valence-corrected chi connectivity index (χ3v) is 4.75. The Morgan fingerprint density at radius 3 is 2.59 bits per heavy atom. The van der Waals surface area contributed by atoms with Crippen LogP contribution in [0.1, 0.15) is 24.8 Å². The molecule has 0 aromatic heterocycles. The lowest BCUT2D eigenvalue weighted by atomic mass is 9.78. The van der Waals surface area contributed by atoms with Crippen LogP contribution in [0.5, 0.6) is 0 Å². The number of fused-ring (bicyclic) bond motifs is 1. The molecule has 1 aromatic carbocycles. The van der Waals surface area contributed by atoms with Gasteiger partial charge in [0.2, 0.25) is 0 Å². The molecule has 3 heteroatoms. The van der Waals surface area contributed by atoms with Crippen LogP contribution in [0, 0.1) is 23.1 Å². The average Bonchev–Trinajstić information content (AvgIpc) is 2.85. The molecule has 0 bridgehead atoms. The van der Waals surface area contributed by atoms with Crippen LogP contribution in [0.3, 0.4) is 0 Å². The van der Waals surface area contributed by atoms with Crippen molar-refractivity contribution in [3.8, 4) is 0 Å². The van der Waals surface area contributed by atoms with E-state index in [2.05, 4.69) is 15.9 Å². The number of rotatable bonds is 3. The number of benzene rings is 1. The minimum absolute atomic E-state index is 0.0147. The molecular formula is C14H16BrFO. The zero-order chi connectivity index (χ0) is 12.0. The van der Waals surface area contributed by atoms with Crippen LogP contribution in [0.2, 0.25) is 0 Å². The maximum absolute atomic E-state index is 13.3. The molecule has 2 atom stereocenters. The third kappa shape index (κ3) is 2.27. The minimum Gasteiger partial charge on any atom is -0.396 e. The molecule has 1 aromatic rings. The van der Waals surface area contributed by atoms with Gasteiger partial charge in [0.15, 0.2) is 0 Å². The van der Waals surface area contributed by atoms with Gasteiger partial charge in [0, 0.05) is 11.1 Å². The van der Waals surface area contributed by atoms with Crippen LogP contribution in [0.25, 0.3) is 0 Å². The highest BCUT2D eigenvalue weighted by atomic mass is 79.9. The molecule has 0 spiro atoms. The van der Waals surface area contributed by atoms with Crippen molar-refractivity contribution in [1.82, 2.24) is 0 Å². The van der Waals surface area contributed by atoms with Crippen LogP contribution in [0.4, 0.5) is 4.39 Å². The van der Waals surface area contributed by atoms with Crippen LogP contribution < -0.4 is 0 Å². The van der Waals surface area contributed by atoms with E-state index in [0.29, 0.717) is 0 Å². The lowest BCUT2D eigenvalue weighted by molar-refractivity contribution is 0.117. The van der Waals surface area contributed by atoms with Crippen molar-refractivity contribution in [2.75, 3.05) is 6.61 Å². The van der Waals surface area contributed by atoms with Gasteiger partial charge in [0.05, 0.1) is 0 Å². The Balaban J connectivity index is 1.80. The minimum atomic E-state index is -0.203. The maximum atomic E-state index is 13.3. The fraction of sp³-hybridized carbons (Fsp3) is 0.571. The maximum Gasteiger partial charge on any atom is 0.124 e. The van der Waals surface area contributed by atoms with Crippen molar-refractivity contribution < 1.29 is 9.50 Å². The molecule has 2 saturated carbocycles. The van der Waals surface area contributed by atoms with Gasteiger partial charge in [-0.05, 0) is 66.7 Å². The van der Waals surface area contributed by atoms with E-state index in [-0.39, 0.29) is 17.8 Å². The molecule has 2 aliphatic carbocycles. The predicted octanol–water partition coefficient (Wildman–Crippen LogP) is 3.54. The van der Waals surface area contributed by atoms with Crippen molar-refractivity contribution in [2.24, 2.45) is 17.3 Å². The van der Waals surface area contributed by atoms with Gasteiger partial charge >= 0.3 is 0 Å². The molecule has 2 aliphatic rings. The van der Waals surface area contributed by atoms with Gasteiger partial charge in [0.25, 0.3) is 0 Å². The first-order valence-corrected chi connectivity index (χ1v) is 6.95. The van der Waals surface area contributed by atoms with Crippen molar-refractivity contribution in [1.29, 1.82) is 0 Å². The quantitative estimate of drug-likeness (QED) is 0.905. The molecule has 2 fully saturated rings. The summed E-state index contributed by atoms with van der Waals surface area (Å²) in [4.78, 5) is 0. The second-order valence-corrected chi connectivity index (χ2v) is 6.69. The fourth-order valence-electron chi connectivity index (χ4n) is 3.48. The van der Waals surface area contributed by atoms with E-state index in [4.69, 9.17) is 0 Å². The van der Waals surface area contributed by atoms with Crippen molar-refractivity contribution in [2.45, 2.75) is 25.7 Å². The van der Waals surface area contributed by atoms with E-state index < -0.39 is 0 Å². The molecule has 1 N–H and O–H groups in total. The smallest absolute Gasteiger partial charge is 0.124 e. The lowest BCUT2D eigenvalue weighted by Gasteiger charge is -2.28. The Morgan fingerprint density at radius 2 is 2.00 bits per heavy atom. The first-order valence-electron chi connectivity index (χ1n) is 6.16. The number of halogens is 2. The highest BCUT2D eigenvalue weighted by molar-refractivity contribution is 9.10. The molecule has 92 valence electrons. The third-order valence-electron chi connectivity index (χ3n) is 4.30. The number of hydrogen-bond donors (Lipinski definition) is 1. The number of aliphatic hydroxyl groups excluding tert-OH is 1. The molecule has 0 amide bonds. The molecular weight excluding hydrogens is 283 g/mol. The van der Waals surface area contributed by atoms with Gasteiger partial charge in [-0.15, -0.1) is 0 Å². The van der Waals surface area contributed by atoms with E-state index in [0.717, 1.165) is 41.1 Å². The molecule has 17 heavy (non-hydrogen) atoms. The Bertz CT molecular complexity index is 416. The summed E-state index contributed by atoms with van der Waals surface area (Å²) in [5.41, 5.74) is 1.01. The molecule has 0 heterocycles. The van der Waals surface area contributed by atoms with Gasteiger partial charge in [0.1, 0.15) is 5.82 Å². The Morgan fingerprint density at radius 1 is 1.29 bits per heavy atom. The van der Waals surface area contributed by atoms with Crippen molar-refractivity contribution in [3.05, 3.63) is 34.1 Å². The van der Waals surface area contributed by atoms with Gasteiger partial charge < -0.3 is 5.11 Å². The first kappa shape index (κ1) is 11.7. The summed E-state index contributed by atoms with van der Waals surface area (Å²) in [5, 5.41) is 9.65. The van der Waals surface area contributed by atoms with Crippen LogP contribution >= 0.6 is 15.9 Å². The summed E-state index contributed by atoms with van der Waals surface area (Å²) in [5.74, 6) is 1.46. The van der Waals surface area contributed by atoms with E-state index in [1.54, 1.807) is 6.07 Å². The second-order valence-electron chi connectivity index (χ2n) is 5.78. The summed E-state index contributed by atoms with van der Waals surface area (Å²) >= 11 is 3.32. The highest BCUT2D eigenvalue weighted by Gasteiger charge is 2.53. The first-order chi connectivity index (χ1) is 8.10. The Kier molecular flexibility index (Phi) is 2.79. The number of hydrogen-bond acceptors (Lipinski definition) is 1. The summed E-state index contributed by atoms with van der Waals surface area (Å²) < 4.78 is 14.1. The van der Waals surface area contributed by atoms with Gasteiger partial charge in [-0.2, -0.15) is 0 Å². The molecule has 0 aliphatic heterocycles. The standard InChI is InChI=1S/C14H16BrFO/c15-12-1-9(2-13(16)4-12)5-14(8-17)6-10-3-11(10)7-14/h1-2,4,10-11,17H,3,5-8H2. The summed E-state index contributed by atoms with van der Waals surface area (Å²) in [6, 6.07) is 5.03. The topological polar surface area (TPSA) is 20.2 Å². The molecule has 0 saturated heterocycles. The van der Waals surface area contributed by atoms with Gasteiger partial charge in [-0.1, -0.05) is 15.9 Å². The van der Waals surface area contributed by atoms with E-state index in [1.165, 1.54) is 12.5 Å². The van der Waals surface area contributed by atoms with Crippen LogP contribution in [0.15, 0.2) is 22.7 Å². The summed E-state index contributed by atoms with van der Waals surface area (Å²) in [7, 11) is 0. The van der Waals surface area contributed by atoms with E-state index >= 15 is 0 Å².